The monoisotopic (exact) mass is 432 g/mol. The predicted octanol–water partition coefficient (Wildman–Crippen LogP) is 5.37. The molecule has 0 fully saturated rings. The van der Waals surface area contributed by atoms with E-state index in [4.69, 9.17) is 11.6 Å². The number of rotatable bonds is 4. The number of nitriles is 1. The minimum absolute atomic E-state index is 0.0720. The normalized spacial score (nSPS) is 17.2. The van der Waals surface area contributed by atoms with E-state index in [-0.39, 0.29) is 18.2 Å². The molecule has 0 spiro atoms. The van der Waals surface area contributed by atoms with Crippen molar-refractivity contribution in [3.63, 3.8) is 0 Å². The molecule has 3 rings (SSSR count). The number of carbonyl (C=O) groups is 1. The summed E-state index contributed by atoms with van der Waals surface area (Å²) in [5.74, 6) is 0.377. The highest BCUT2D eigenvalue weighted by Crippen LogP contribution is 2.37. The minimum atomic E-state index is -0.233. The molecule has 1 N–H and O–H groups in total. The summed E-state index contributed by atoms with van der Waals surface area (Å²) in [5, 5.41) is 13.8. The van der Waals surface area contributed by atoms with Crippen molar-refractivity contribution >= 4 is 45.2 Å². The van der Waals surface area contributed by atoms with Gasteiger partial charge in [-0.2, -0.15) is 5.26 Å². The van der Waals surface area contributed by atoms with Crippen LogP contribution in [0.25, 0.3) is 0 Å². The lowest BCUT2D eigenvalue weighted by molar-refractivity contribution is -0.120. The third kappa shape index (κ3) is 4.46. The molecule has 0 saturated carbocycles. The van der Waals surface area contributed by atoms with E-state index in [1.54, 1.807) is 12.1 Å². The number of carbonyl (C=O) groups excluding carboxylic acids is 1. The van der Waals surface area contributed by atoms with Gasteiger partial charge in [0.1, 0.15) is 0 Å². The predicted molar refractivity (Wildman–Crippen MR) is 105 cm³/mol. The van der Waals surface area contributed by atoms with Crippen LogP contribution in [0.4, 0.5) is 0 Å². The fraction of sp³-hybridized carbons (Fsp3) is 0.158. The molecule has 1 atom stereocenters. The summed E-state index contributed by atoms with van der Waals surface area (Å²) in [4.78, 5) is 12.1. The van der Waals surface area contributed by atoms with E-state index in [1.807, 2.05) is 36.4 Å². The summed E-state index contributed by atoms with van der Waals surface area (Å²) in [6.07, 6.45) is 0.271. The number of hydrogen-bond donors (Lipinski definition) is 1. The van der Waals surface area contributed by atoms with Gasteiger partial charge in [0.05, 0.1) is 16.7 Å². The number of thioether (sulfide) groups is 1. The highest BCUT2D eigenvalue weighted by atomic mass is 79.9. The van der Waals surface area contributed by atoms with Crippen LogP contribution in [-0.4, -0.2) is 5.91 Å². The van der Waals surface area contributed by atoms with Gasteiger partial charge in [0.25, 0.3) is 0 Å². The zero-order valence-corrected chi connectivity index (χ0v) is 16.3. The van der Waals surface area contributed by atoms with E-state index in [9.17, 15) is 10.1 Å². The molecular formula is C19H14BrClN2OS. The van der Waals surface area contributed by atoms with Crippen LogP contribution in [0.3, 0.4) is 0 Å². The molecule has 0 radical (unpaired) electrons. The van der Waals surface area contributed by atoms with E-state index >= 15 is 0 Å². The number of allylic oxidation sites excluding steroid dienone is 1. The zero-order valence-electron chi connectivity index (χ0n) is 13.1. The molecule has 3 nitrogen and oxygen atoms in total. The smallest absolute Gasteiger partial charge is 0.225 e. The molecule has 1 amide bonds. The third-order valence-electron chi connectivity index (χ3n) is 3.92. The van der Waals surface area contributed by atoms with Gasteiger partial charge in [0.15, 0.2) is 0 Å². The molecule has 1 aliphatic rings. The summed E-state index contributed by atoms with van der Waals surface area (Å²) in [6, 6.07) is 17.6. The Labute approximate surface area is 164 Å². The molecule has 0 bridgehead atoms. The van der Waals surface area contributed by atoms with E-state index in [1.165, 1.54) is 11.8 Å². The second kappa shape index (κ2) is 8.09. The second-order valence-electron chi connectivity index (χ2n) is 5.63. The van der Waals surface area contributed by atoms with E-state index in [0.29, 0.717) is 21.4 Å². The standard InChI is InChI=1S/C19H14BrClN2OS/c20-14-5-1-12(2-6-14)11-25-19-17(10-22)16(9-18(24)23-19)13-3-7-15(21)8-4-13/h1-8,16H,9,11H2,(H,23,24)/t16-/m0/s1. The molecule has 0 saturated heterocycles. The number of nitrogens with one attached hydrogen (secondary N) is 1. The largest absolute Gasteiger partial charge is 0.320 e. The Morgan fingerprint density at radius 2 is 1.88 bits per heavy atom. The number of amides is 1. The zero-order chi connectivity index (χ0) is 17.8. The van der Waals surface area contributed by atoms with E-state index in [0.717, 1.165) is 15.6 Å². The van der Waals surface area contributed by atoms with Gasteiger partial charge < -0.3 is 5.32 Å². The summed E-state index contributed by atoms with van der Waals surface area (Å²) < 4.78 is 1.02. The Hall–Kier alpha value is -1.74. The van der Waals surface area contributed by atoms with Crippen molar-refractivity contribution in [2.75, 3.05) is 0 Å². The fourth-order valence-corrected chi connectivity index (χ4v) is 4.07. The molecule has 0 aromatic heterocycles. The first-order valence-corrected chi connectivity index (χ1v) is 9.79. The Balaban J connectivity index is 1.86. The summed E-state index contributed by atoms with van der Waals surface area (Å²) >= 11 is 10.8. The van der Waals surface area contributed by atoms with Crippen LogP contribution in [0.15, 0.2) is 63.6 Å². The third-order valence-corrected chi connectivity index (χ3v) is 5.79. The fourth-order valence-electron chi connectivity index (χ4n) is 2.65. The maximum Gasteiger partial charge on any atom is 0.225 e. The van der Waals surface area contributed by atoms with Crippen molar-refractivity contribution in [3.05, 3.63) is 79.8 Å². The second-order valence-corrected chi connectivity index (χ2v) is 7.96. The van der Waals surface area contributed by atoms with Crippen LogP contribution in [0.5, 0.6) is 0 Å². The Morgan fingerprint density at radius 3 is 2.52 bits per heavy atom. The van der Waals surface area contributed by atoms with Gasteiger partial charge in [-0.3, -0.25) is 4.79 Å². The first-order valence-electron chi connectivity index (χ1n) is 7.63. The van der Waals surface area contributed by atoms with Crippen LogP contribution >= 0.6 is 39.3 Å². The van der Waals surface area contributed by atoms with Gasteiger partial charge in [0, 0.05) is 27.6 Å². The van der Waals surface area contributed by atoms with Crippen molar-refractivity contribution in [3.8, 4) is 6.07 Å². The van der Waals surface area contributed by atoms with Gasteiger partial charge >= 0.3 is 0 Å². The van der Waals surface area contributed by atoms with Crippen LogP contribution in [-0.2, 0) is 10.5 Å². The molecule has 6 heteroatoms. The lowest BCUT2D eigenvalue weighted by Gasteiger charge is -2.25. The summed E-state index contributed by atoms with van der Waals surface area (Å²) in [6.45, 7) is 0. The van der Waals surface area contributed by atoms with Gasteiger partial charge in [0.2, 0.25) is 5.91 Å². The van der Waals surface area contributed by atoms with Crippen molar-refractivity contribution in [2.24, 2.45) is 0 Å². The maximum absolute atomic E-state index is 12.1. The van der Waals surface area contributed by atoms with Crippen LogP contribution in [0.2, 0.25) is 5.02 Å². The first kappa shape index (κ1) is 18.1. The van der Waals surface area contributed by atoms with Crippen LogP contribution in [0.1, 0.15) is 23.5 Å². The molecule has 1 aliphatic heterocycles. The average molecular weight is 434 g/mol. The molecule has 126 valence electrons. The van der Waals surface area contributed by atoms with Crippen molar-refractivity contribution < 1.29 is 4.79 Å². The molecule has 0 aliphatic carbocycles. The highest BCUT2D eigenvalue weighted by molar-refractivity contribution is 9.10. The van der Waals surface area contributed by atoms with Gasteiger partial charge in [-0.15, -0.1) is 11.8 Å². The number of hydrogen-bond acceptors (Lipinski definition) is 3. The Kier molecular flexibility index (Phi) is 5.85. The molecule has 1 heterocycles. The quantitative estimate of drug-likeness (QED) is 0.705. The molecule has 2 aromatic rings. The number of halogens is 2. The molecule has 2 aromatic carbocycles. The molecule has 0 unspecified atom stereocenters. The van der Waals surface area contributed by atoms with Crippen LogP contribution in [0, 0.1) is 11.3 Å². The van der Waals surface area contributed by atoms with Gasteiger partial charge in [-0.1, -0.05) is 51.8 Å². The highest BCUT2D eigenvalue weighted by Gasteiger charge is 2.29. The average Bonchev–Trinajstić information content (AvgIpc) is 2.61. The van der Waals surface area contributed by atoms with Crippen molar-refractivity contribution in [1.29, 1.82) is 5.26 Å². The van der Waals surface area contributed by atoms with Gasteiger partial charge in [-0.05, 0) is 35.4 Å². The molecular weight excluding hydrogens is 420 g/mol. The topological polar surface area (TPSA) is 52.9 Å². The first-order chi connectivity index (χ1) is 12.1. The Bertz CT molecular complexity index is 856. The van der Waals surface area contributed by atoms with Crippen molar-refractivity contribution in [1.82, 2.24) is 5.32 Å². The minimum Gasteiger partial charge on any atom is -0.320 e. The Morgan fingerprint density at radius 1 is 1.20 bits per heavy atom. The lowest BCUT2D eigenvalue weighted by Crippen LogP contribution is -2.30. The van der Waals surface area contributed by atoms with E-state index < -0.39 is 0 Å². The number of nitrogens with zero attached hydrogens (tertiary/aromatic N) is 1. The SMILES string of the molecule is N#CC1=C(SCc2ccc(Br)cc2)NC(=O)C[C@H]1c1ccc(Cl)cc1. The summed E-state index contributed by atoms with van der Waals surface area (Å²) in [7, 11) is 0. The van der Waals surface area contributed by atoms with Crippen LogP contribution < -0.4 is 5.32 Å². The number of benzene rings is 2. The van der Waals surface area contributed by atoms with Gasteiger partial charge in [-0.25, -0.2) is 0 Å². The summed E-state index contributed by atoms with van der Waals surface area (Å²) in [5.41, 5.74) is 2.66. The van der Waals surface area contributed by atoms with E-state index in [2.05, 4.69) is 27.3 Å². The maximum atomic E-state index is 12.1. The van der Waals surface area contributed by atoms with Crippen molar-refractivity contribution in [2.45, 2.75) is 18.1 Å². The lowest BCUT2D eigenvalue weighted by atomic mass is 9.87. The molecule has 25 heavy (non-hydrogen) atoms.